The molecule has 1 aliphatic heterocycles. The van der Waals surface area contributed by atoms with Crippen LogP contribution in [-0.2, 0) is 9.59 Å². The van der Waals surface area contributed by atoms with Crippen LogP contribution in [0.15, 0.2) is 12.2 Å². The van der Waals surface area contributed by atoms with E-state index in [0.717, 1.165) is 32.5 Å². The van der Waals surface area contributed by atoms with Gasteiger partial charge in [0, 0.05) is 26.2 Å². The maximum atomic E-state index is 12.7. The van der Waals surface area contributed by atoms with Gasteiger partial charge in [-0.3, -0.25) is 9.59 Å². The van der Waals surface area contributed by atoms with Crippen molar-refractivity contribution in [3.8, 4) is 0 Å². The fourth-order valence-electron chi connectivity index (χ4n) is 3.42. The molecule has 2 rings (SSSR count). The predicted molar refractivity (Wildman–Crippen MR) is 80.9 cm³/mol. The number of piperidine rings is 1. The maximum Gasteiger partial charge on any atom is 0.307 e. The molecule has 5 heteroatoms. The summed E-state index contributed by atoms with van der Waals surface area (Å²) in [6, 6.07) is 0.251. The molecule has 0 saturated carbocycles. The SMILES string of the molecule is CCN1CCC(N(C)C(=O)C2CC=CCC2C(=O)O)CC1. The van der Waals surface area contributed by atoms with Crippen LogP contribution in [0.5, 0.6) is 0 Å². The Morgan fingerprint density at radius 2 is 1.76 bits per heavy atom. The lowest BCUT2D eigenvalue weighted by Crippen LogP contribution is -2.49. The molecule has 5 nitrogen and oxygen atoms in total. The molecule has 1 amide bonds. The second-order valence-electron chi connectivity index (χ2n) is 6.11. The average Bonchev–Trinajstić information content (AvgIpc) is 2.53. The molecule has 0 aromatic heterocycles. The Bertz CT molecular complexity index is 414. The van der Waals surface area contributed by atoms with E-state index in [1.165, 1.54) is 0 Å². The van der Waals surface area contributed by atoms with Crippen LogP contribution in [0.2, 0.25) is 0 Å². The van der Waals surface area contributed by atoms with E-state index in [9.17, 15) is 14.7 Å². The smallest absolute Gasteiger partial charge is 0.307 e. The normalized spacial score (nSPS) is 27.5. The average molecular weight is 294 g/mol. The number of carboxylic acid groups (broad SMARTS) is 1. The van der Waals surface area contributed by atoms with E-state index < -0.39 is 17.8 Å². The third-order valence-corrected chi connectivity index (χ3v) is 4.97. The lowest BCUT2D eigenvalue weighted by Gasteiger charge is -2.38. The van der Waals surface area contributed by atoms with Gasteiger partial charge in [-0.05, 0) is 32.2 Å². The first-order valence-electron chi connectivity index (χ1n) is 7.91. The fourth-order valence-corrected chi connectivity index (χ4v) is 3.42. The number of amides is 1. The van der Waals surface area contributed by atoms with Crippen molar-refractivity contribution in [2.24, 2.45) is 11.8 Å². The Morgan fingerprint density at radius 3 is 2.29 bits per heavy atom. The lowest BCUT2D eigenvalue weighted by atomic mass is 9.81. The summed E-state index contributed by atoms with van der Waals surface area (Å²) in [5.74, 6) is -1.82. The summed E-state index contributed by atoms with van der Waals surface area (Å²) < 4.78 is 0. The highest BCUT2D eigenvalue weighted by atomic mass is 16.4. The monoisotopic (exact) mass is 294 g/mol. The van der Waals surface area contributed by atoms with Crippen LogP contribution in [0.1, 0.15) is 32.6 Å². The zero-order chi connectivity index (χ0) is 15.4. The second kappa shape index (κ2) is 7.07. The highest BCUT2D eigenvalue weighted by Gasteiger charge is 2.37. The molecule has 2 aliphatic rings. The Morgan fingerprint density at radius 1 is 1.19 bits per heavy atom. The number of allylic oxidation sites excluding steroid dienone is 2. The van der Waals surface area contributed by atoms with E-state index in [4.69, 9.17) is 0 Å². The van der Waals surface area contributed by atoms with Crippen molar-refractivity contribution in [3.05, 3.63) is 12.2 Å². The van der Waals surface area contributed by atoms with Gasteiger partial charge in [-0.15, -0.1) is 0 Å². The molecule has 0 radical (unpaired) electrons. The van der Waals surface area contributed by atoms with E-state index in [0.29, 0.717) is 12.8 Å². The molecular formula is C16H26N2O3. The number of hydrogen-bond acceptors (Lipinski definition) is 3. The molecule has 2 unspecified atom stereocenters. The van der Waals surface area contributed by atoms with Gasteiger partial charge >= 0.3 is 5.97 Å². The van der Waals surface area contributed by atoms with Gasteiger partial charge in [0.1, 0.15) is 0 Å². The summed E-state index contributed by atoms with van der Waals surface area (Å²) in [6.45, 7) is 5.25. The first-order valence-corrected chi connectivity index (χ1v) is 7.91. The van der Waals surface area contributed by atoms with Gasteiger partial charge < -0.3 is 14.9 Å². The van der Waals surface area contributed by atoms with Gasteiger partial charge in [0.2, 0.25) is 5.91 Å². The van der Waals surface area contributed by atoms with Gasteiger partial charge in [0.05, 0.1) is 11.8 Å². The van der Waals surface area contributed by atoms with Crippen LogP contribution in [-0.4, -0.2) is 59.5 Å². The van der Waals surface area contributed by atoms with E-state index in [1.54, 1.807) is 0 Å². The van der Waals surface area contributed by atoms with Crippen molar-refractivity contribution >= 4 is 11.9 Å². The zero-order valence-electron chi connectivity index (χ0n) is 13.0. The molecule has 0 bridgehead atoms. The fraction of sp³-hybridized carbons (Fsp3) is 0.750. The van der Waals surface area contributed by atoms with Crippen LogP contribution in [0.25, 0.3) is 0 Å². The number of aliphatic carboxylic acids is 1. The molecule has 1 saturated heterocycles. The van der Waals surface area contributed by atoms with Gasteiger partial charge in [-0.1, -0.05) is 19.1 Å². The van der Waals surface area contributed by atoms with Gasteiger partial charge in [-0.25, -0.2) is 0 Å². The van der Waals surface area contributed by atoms with Crippen LogP contribution in [0.4, 0.5) is 0 Å². The van der Waals surface area contributed by atoms with Crippen LogP contribution < -0.4 is 0 Å². The molecule has 0 aromatic carbocycles. The molecule has 0 aromatic rings. The standard InChI is InChI=1S/C16H26N2O3/c1-3-18-10-8-12(9-11-18)17(2)15(19)13-6-4-5-7-14(13)16(20)21/h4-5,12-14H,3,6-11H2,1-2H3,(H,20,21). The summed E-state index contributed by atoms with van der Waals surface area (Å²) in [4.78, 5) is 28.2. The van der Waals surface area contributed by atoms with Crippen molar-refractivity contribution in [2.45, 2.75) is 38.6 Å². The number of likely N-dealkylation sites (tertiary alicyclic amines) is 1. The Labute approximate surface area is 126 Å². The number of nitrogens with zero attached hydrogens (tertiary/aromatic N) is 2. The minimum absolute atomic E-state index is 0.00157. The number of carbonyl (C=O) groups is 2. The maximum absolute atomic E-state index is 12.7. The molecule has 1 heterocycles. The first-order chi connectivity index (χ1) is 10.0. The molecule has 21 heavy (non-hydrogen) atoms. The Balaban J connectivity index is 1.98. The third kappa shape index (κ3) is 3.64. The predicted octanol–water partition coefficient (Wildman–Crippen LogP) is 1.60. The van der Waals surface area contributed by atoms with Crippen molar-refractivity contribution < 1.29 is 14.7 Å². The van der Waals surface area contributed by atoms with Crippen LogP contribution in [0, 0.1) is 11.8 Å². The third-order valence-electron chi connectivity index (χ3n) is 4.97. The quantitative estimate of drug-likeness (QED) is 0.800. The van der Waals surface area contributed by atoms with Crippen molar-refractivity contribution in [2.75, 3.05) is 26.7 Å². The van der Waals surface area contributed by atoms with E-state index in [-0.39, 0.29) is 11.9 Å². The summed E-state index contributed by atoms with van der Waals surface area (Å²) >= 11 is 0. The highest BCUT2D eigenvalue weighted by molar-refractivity contribution is 5.85. The van der Waals surface area contributed by atoms with E-state index >= 15 is 0 Å². The number of hydrogen-bond donors (Lipinski definition) is 1. The van der Waals surface area contributed by atoms with Crippen molar-refractivity contribution in [3.63, 3.8) is 0 Å². The molecule has 2 atom stereocenters. The summed E-state index contributed by atoms with van der Waals surface area (Å²) in [5.41, 5.74) is 0. The Kier molecular flexibility index (Phi) is 5.39. The second-order valence-corrected chi connectivity index (χ2v) is 6.11. The molecule has 0 spiro atoms. The van der Waals surface area contributed by atoms with Crippen LogP contribution >= 0.6 is 0 Å². The first kappa shape index (κ1) is 16.0. The highest BCUT2D eigenvalue weighted by Crippen LogP contribution is 2.29. The van der Waals surface area contributed by atoms with Gasteiger partial charge in [0.25, 0.3) is 0 Å². The molecule has 1 aliphatic carbocycles. The van der Waals surface area contributed by atoms with Crippen molar-refractivity contribution in [1.82, 2.24) is 9.80 Å². The van der Waals surface area contributed by atoms with Crippen LogP contribution in [0.3, 0.4) is 0 Å². The number of carboxylic acids is 1. The molecule has 1 fully saturated rings. The Hall–Kier alpha value is -1.36. The number of rotatable bonds is 4. The largest absolute Gasteiger partial charge is 0.481 e. The van der Waals surface area contributed by atoms with E-state index in [1.807, 2.05) is 24.1 Å². The summed E-state index contributed by atoms with van der Waals surface area (Å²) in [6.07, 6.45) is 6.80. The summed E-state index contributed by atoms with van der Waals surface area (Å²) in [7, 11) is 1.84. The molecule has 1 N–H and O–H groups in total. The minimum atomic E-state index is -0.855. The zero-order valence-corrected chi connectivity index (χ0v) is 13.0. The molecule has 118 valence electrons. The minimum Gasteiger partial charge on any atom is -0.481 e. The lowest BCUT2D eigenvalue weighted by molar-refractivity contribution is -0.151. The van der Waals surface area contributed by atoms with Gasteiger partial charge in [-0.2, -0.15) is 0 Å². The summed E-state index contributed by atoms with van der Waals surface area (Å²) in [5, 5.41) is 9.31. The number of carbonyl (C=O) groups excluding carboxylic acids is 1. The van der Waals surface area contributed by atoms with Crippen molar-refractivity contribution in [1.29, 1.82) is 0 Å². The topological polar surface area (TPSA) is 60.9 Å². The van der Waals surface area contributed by atoms with E-state index in [2.05, 4.69) is 11.8 Å². The van der Waals surface area contributed by atoms with Gasteiger partial charge in [0.15, 0.2) is 0 Å². The molecular weight excluding hydrogens is 268 g/mol.